The SMILES string of the molecule is CC(=O)c1ccc(NC(=O)CCCN2C(=O)/C(=C\c3ccco3)SC2=S)cc1. The fraction of sp³-hybridized carbons (Fsp3) is 0.200. The van der Waals surface area contributed by atoms with Crippen LogP contribution < -0.4 is 5.32 Å². The van der Waals surface area contributed by atoms with Gasteiger partial charge in [-0.1, -0.05) is 24.0 Å². The van der Waals surface area contributed by atoms with Gasteiger partial charge in [-0.2, -0.15) is 0 Å². The highest BCUT2D eigenvalue weighted by Gasteiger charge is 2.31. The van der Waals surface area contributed by atoms with E-state index in [9.17, 15) is 14.4 Å². The van der Waals surface area contributed by atoms with Crippen molar-refractivity contribution in [1.82, 2.24) is 4.90 Å². The Morgan fingerprint density at radius 3 is 2.64 bits per heavy atom. The van der Waals surface area contributed by atoms with E-state index in [1.807, 2.05) is 0 Å². The molecule has 0 unspecified atom stereocenters. The Bertz CT molecular complexity index is 934. The molecule has 2 amide bonds. The molecule has 0 spiro atoms. The number of hydrogen-bond acceptors (Lipinski definition) is 6. The molecule has 1 aromatic heterocycles. The van der Waals surface area contributed by atoms with Crippen LogP contribution in [0.5, 0.6) is 0 Å². The molecule has 1 saturated heterocycles. The molecule has 0 radical (unpaired) electrons. The van der Waals surface area contributed by atoms with Crippen molar-refractivity contribution in [2.75, 3.05) is 11.9 Å². The number of nitrogens with one attached hydrogen (secondary N) is 1. The van der Waals surface area contributed by atoms with Crippen LogP contribution in [0.25, 0.3) is 6.08 Å². The molecule has 144 valence electrons. The van der Waals surface area contributed by atoms with E-state index in [-0.39, 0.29) is 24.0 Å². The minimum atomic E-state index is -0.174. The number of furan rings is 1. The lowest BCUT2D eigenvalue weighted by Gasteiger charge is -2.14. The van der Waals surface area contributed by atoms with Gasteiger partial charge >= 0.3 is 0 Å². The number of carbonyl (C=O) groups is 3. The van der Waals surface area contributed by atoms with Crippen LogP contribution >= 0.6 is 24.0 Å². The van der Waals surface area contributed by atoms with Crippen molar-refractivity contribution in [3.63, 3.8) is 0 Å². The molecule has 0 atom stereocenters. The molecule has 28 heavy (non-hydrogen) atoms. The van der Waals surface area contributed by atoms with Crippen molar-refractivity contribution >= 4 is 57.7 Å². The van der Waals surface area contributed by atoms with Gasteiger partial charge in [-0.25, -0.2) is 0 Å². The van der Waals surface area contributed by atoms with Crippen LogP contribution in [0.4, 0.5) is 5.69 Å². The topological polar surface area (TPSA) is 79.6 Å². The van der Waals surface area contributed by atoms with E-state index in [2.05, 4.69) is 5.32 Å². The summed E-state index contributed by atoms with van der Waals surface area (Å²) in [6, 6.07) is 10.2. The van der Waals surface area contributed by atoms with Gasteiger partial charge in [0.2, 0.25) is 5.91 Å². The van der Waals surface area contributed by atoms with E-state index in [1.165, 1.54) is 23.6 Å². The van der Waals surface area contributed by atoms with Crippen molar-refractivity contribution in [3.8, 4) is 0 Å². The highest BCUT2D eigenvalue weighted by atomic mass is 32.2. The molecular weight excluding hydrogens is 396 g/mol. The number of ketones is 1. The summed E-state index contributed by atoms with van der Waals surface area (Å²) in [5.74, 6) is 0.233. The van der Waals surface area contributed by atoms with Gasteiger partial charge in [0.1, 0.15) is 10.1 Å². The van der Waals surface area contributed by atoms with E-state index in [0.29, 0.717) is 39.2 Å². The second-order valence-electron chi connectivity index (χ2n) is 6.13. The first kappa shape index (κ1) is 20.0. The molecule has 0 saturated carbocycles. The summed E-state index contributed by atoms with van der Waals surface area (Å²) in [5.41, 5.74) is 1.22. The van der Waals surface area contributed by atoms with Crippen molar-refractivity contribution in [2.45, 2.75) is 19.8 Å². The number of carbonyl (C=O) groups excluding carboxylic acids is 3. The van der Waals surface area contributed by atoms with Gasteiger partial charge in [-0.05, 0) is 49.7 Å². The maximum Gasteiger partial charge on any atom is 0.266 e. The molecule has 1 aliphatic rings. The lowest BCUT2D eigenvalue weighted by atomic mass is 10.1. The third kappa shape index (κ3) is 4.96. The number of Topliss-reactive ketones (excluding diaryl/α,β-unsaturated/α-hetero) is 1. The lowest BCUT2D eigenvalue weighted by molar-refractivity contribution is -0.122. The molecular formula is C20H18N2O4S2. The monoisotopic (exact) mass is 414 g/mol. The Kier molecular flexibility index (Phi) is 6.43. The fourth-order valence-electron chi connectivity index (χ4n) is 2.60. The minimum absolute atomic E-state index is 0.0255. The first-order valence-electron chi connectivity index (χ1n) is 8.64. The largest absolute Gasteiger partial charge is 0.465 e. The van der Waals surface area contributed by atoms with E-state index < -0.39 is 0 Å². The molecule has 6 nitrogen and oxygen atoms in total. The van der Waals surface area contributed by atoms with Crippen LogP contribution in [-0.2, 0) is 9.59 Å². The Balaban J connectivity index is 1.49. The third-order valence-corrected chi connectivity index (χ3v) is 5.43. The van der Waals surface area contributed by atoms with Crippen LogP contribution in [0.2, 0.25) is 0 Å². The molecule has 1 fully saturated rings. The number of anilines is 1. The number of thiocarbonyl (C=S) groups is 1. The predicted octanol–water partition coefficient (Wildman–Crippen LogP) is 4.10. The molecule has 2 heterocycles. The number of rotatable bonds is 7. The summed E-state index contributed by atoms with van der Waals surface area (Å²) < 4.78 is 5.70. The highest BCUT2D eigenvalue weighted by molar-refractivity contribution is 8.26. The maximum absolute atomic E-state index is 12.5. The second kappa shape index (κ2) is 8.99. The zero-order valence-corrected chi connectivity index (χ0v) is 16.8. The smallest absolute Gasteiger partial charge is 0.266 e. The molecule has 2 aromatic rings. The molecule has 1 aromatic carbocycles. The van der Waals surface area contributed by atoms with Crippen LogP contribution in [-0.4, -0.2) is 33.4 Å². The van der Waals surface area contributed by atoms with E-state index >= 15 is 0 Å². The van der Waals surface area contributed by atoms with Gasteiger partial charge in [0, 0.05) is 30.3 Å². The Morgan fingerprint density at radius 1 is 1.25 bits per heavy atom. The fourth-order valence-corrected chi connectivity index (χ4v) is 3.89. The second-order valence-corrected chi connectivity index (χ2v) is 7.81. The van der Waals surface area contributed by atoms with E-state index in [1.54, 1.807) is 48.7 Å². The molecule has 8 heteroatoms. The molecule has 0 bridgehead atoms. The number of nitrogens with zero attached hydrogens (tertiary/aromatic N) is 1. The van der Waals surface area contributed by atoms with Crippen molar-refractivity contribution in [3.05, 3.63) is 58.9 Å². The van der Waals surface area contributed by atoms with Gasteiger partial charge in [0.15, 0.2) is 5.78 Å². The molecule has 1 N–H and O–H groups in total. The van der Waals surface area contributed by atoms with Gasteiger partial charge < -0.3 is 9.73 Å². The summed E-state index contributed by atoms with van der Waals surface area (Å²) in [7, 11) is 0. The highest BCUT2D eigenvalue weighted by Crippen LogP contribution is 2.32. The summed E-state index contributed by atoms with van der Waals surface area (Å²) in [5, 5.41) is 2.78. The van der Waals surface area contributed by atoms with E-state index in [0.717, 1.165) is 0 Å². The van der Waals surface area contributed by atoms with Crippen LogP contribution in [0.3, 0.4) is 0 Å². The number of hydrogen-bond donors (Lipinski definition) is 1. The summed E-state index contributed by atoms with van der Waals surface area (Å²) in [4.78, 5) is 37.9. The zero-order chi connectivity index (χ0) is 20.1. The van der Waals surface area contributed by atoms with Crippen molar-refractivity contribution < 1.29 is 18.8 Å². The van der Waals surface area contributed by atoms with Crippen LogP contribution in [0.1, 0.15) is 35.9 Å². The molecule has 0 aliphatic carbocycles. The summed E-state index contributed by atoms with van der Waals surface area (Å²) in [6.45, 7) is 1.86. The summed E-state index contributed by atoms with van der Waals surface area (Å²) in [6.07, 6.45) is 3.94. The van der Waals surface area contributed by atoms with Crippen molar-refractivity contribution in [2.24, 2.45) is 0 Å². The van der Waals surface area contributed by atoms with Gasteiger partial charge in [-0.3, -0.25) is 19.3 Å². The van der Waals surface area contributed by atoms with Crippen LogP contribution in [0, 0.1) is 0 Å². The first-order valence-corrected chi connectivity index (χ1v) is 9.86. The Morgan fingerprint density at radius 2 is 2.00 bits per heavy atom. The third-order valence-electron chi connectivity index (χ3n) is 4.05. The number of thioether (sulfide) groups is 1. The predicted molar refractivity (Wildman–Crippen MR) is 113 cm³/mol. The maximum atomic E-state index is 12.5. The lowest BCUT2D eigenvalue weighted by Crippen LogP contribution is -2.29. The van der Waals surface area contributed by atoms with E-state index in [4.69, 9.17) is 16.6 Å². The van der Waals surface area contributed by atoms with Crippen molar-refractivity contribution in [1.29, 1.82) is 0 Å². The van der Waals surface area contributed by atoms with Crippen LogP contribution in [0.15, 0.2) is 52.0 Å². The normalized spacial score (nSPS) is 15.3. The Labute approximate surface area is 172 Å². The molecule has 3 rings (SSSR count). The minimum Gasteiger partial charge on any atom is -0.465 e. The first-order chi connectivity index (χ1) is 13.4. The molecule has 1 aliphatic heterocycles. The number of amides is 2. The quantitative estimate of drug-likeness (QED) is 0.417. The average molecular weight is 415 g/mol. The zero-order valence-electron chi connectivity index (χ0n) is 15.1. The van der Waals surface area contributed by atoms with Gasteiger partial charge in [0.05, 0.1) is 11.2 Å². The van der Waals surface area contributed by atoms with Gasteiger partial charge in [0.25, 0.3) is 5.91 Å². The number of benzene rings is 1. The summed E-state index contributed by atoms with van der Waals surface area (Å²) >= 11 is 6.50. The van der Waals surface area contributed by atoms with Gasteiger partial charge in [-0.15, -0.1) is 0 Å². The standard InChI is InChI=1S/C20H18N2O4S2/c1-13(23)14-6-8-15(9-7-14)21-18(24)5-2-10-22-19(25)17(28-20(22)27)12-16-4-3-11-26-16/h3-4,6-9,11-12H,2,5,10H2,1H3,(H,21,24)/b17-12+. The Hall–Kier alpha value is -2.71. The average Bonchev–Trinajstić information content (AvgIpc) is 3.26.